The molecule has 0 aliphatic carbocycles. The van der Waals surface area contributed by atoms with Crippen LogP contribution in [0.25, 0.3) is 0 Å². The minimum atomic E-state index is -0.418. The molecule has 0 unspecified atom stereocenters. The van der Waals surface area contributed by atoms with E-state index in [4.69, 9.17) is 21.7 Å². The molecule has 25 heavy (non-hydrogen) atoms. The molecule has 2 rings (SSSR count). The standard InChI is InChI=1S/C17H25FN4O2S/c1-13(14-4-5-16(23-2)15(18)12-14)20-21-17(25)19-6-3-7-22-8-10-24-11-9-22/h4-5,12H,3,6-11H2,1-2H3,(H2,19,21,25)/b20-13-. The van der Waals surface area contributed by atoms with Crippen molar-refractivity contribution in [1.82, 2.24) is 15.6 Å². The van der Waals surface area contributed by atoms with Crippen molar-refractivity contribution < 1.29 is 13.9 Å². The summed E-state index contributed by atoms with van der Waals surface area (Å²) in [7, 11) is 1.43. The minimum absolute atomic E-state index is 0.210. The number of nitrogens with one attached hydrogen (secondary N) is 2. The quantitative estimate of drug-likeness (QED) is 0.331. The predicted molar refractivity (Wildman–Crippen MR) is 101 cm³/mol. The maximum Gasteiger partial charge on any atom is 0.186 e. The maximum atomic E-state index is 13.7. The second-order valence-electron chi connectivity index (χ2n) is 5.72. The van der Waals surface area contributed by atoms with Gasteiger partial charge in [-0.3, -0.25) is 10.3 Å². The molecule has 2 N–H and O–H groups in total. The zero-order chi connectivity index (χ0) is 18.1. The summed E-state index contributed by atoms with van der Waals surface area (Å²) in [5.41, 5.74) is 4.09. The van der Waals surface area contributed by atoms with Crippen LogP contribution in [-0.4, -0.2) is 62.2 Å². The Morgan fingerprint density at radius 2 is 2.16 bits per heavy atom. The first-order valence-corrected chi connectivity index (χ1v) is 8.73. The molecule has 0 amide bonds. The molecule has 0 radical (unpaired) electrons. The van der Waals surface area contributed by atoms with E-state index in [1.165, 1.54) is 13.2 Å². The zero-order valence-electron chi connectivity index (χ0n) is 14.7. The van der Waals surface area contributed by atoms with Gasteiger partial charge in [-0.05, 0) is 50.3 Å². The minimum Gasteiger partial charge on any atom is -0.494 e. The van der Waals surface area contributed by atoms with Gasteiger partial charge in [0.2, 0.25) is 0 Å². The van der Waals surface area contributed by atoms with Crippen LogP contribution in [-0.2, 0) is 4.74 Å². The molecule has 1 aromatic rings. The lowest BCUT2D eigenvalue weighted by Crippen LogP contribution is -2.39. The van der Waals surface area contributed by atoms with E-state index in [0.29, 0.717) is 16.4 Å². The highest BCUT2D eigenvalue weighted by Crippen LogP contribution is 2.17. The Hall–Kier alpha value is -1.77. The van der Waals surface area contributed by atoms with Gasteiger partial charge in [0.15, 0.2) is 16.7 Å². The lowest BCUT2D eigenvalue weighted by molar-refractivity contribution is 0.0376. The number of methoxy groups -OCH3 is 1. The molecule has 0 atom stereocenters. The molecule has 1 saturated heterocycles. The van der Waals surface area contributed by atoms with Crippen molar-refractivity contribution in [3.05, 3.63) is 29.6 Å². The summed E-state index contributed by atoms with van der Waals surface area (Å²) in [6, 6.07) is 4.71. The van der Waals surface area contributed by atoms with E-state index in [2.05, 4.69) is 20.7 Å². The van der Waals surface area contributed by atoms with Crippen LogP contribution < -0.4 is 15.5 Å². The summed E-state index contributed by atoms with van der Waals surface area (Å²) in [5.74, 6) is -0.208. The average Bonchev–Trinajstić information content (AvgIpc) is 2.64. The third-order valence-corrected chi connectivity index (χ3v) is 4.17. The van der Waals surface area contributed by atoms with Crippen molar-refractivity contribution in [3.8, 4) is 5.75 Å². The number of hydrazone groups is 1. The third-order valence-electron chi connectivity index (χ3n) is 3.94. The highest BCUT2D eigenvalue weighted by molar-refractivity contribution is 7.80. The molecular formula is C17H25FN4O2S. The largest absolute Gasteiger partial charge is 0.494 e. The van der Waals surface area contributed by atoms with E-state index in [9.17, 15) is 4.39 Å². The van der Waals surface area contributed by atoms with Crippen LogP contribution >= 0.6 is 12.2 Å². The first kappa shape index (κ1) is 19.6. The van der Waals surface area contributed by atoms with Gasteiger partial charge in [-0.15, -0.1) is 0 Å². The third kappa shape index (κ3) is 6.56. The van der Waals surface area contributed by atoms with Gasteiger partial charge < -0.3 is 14.8 Å². The number of hydrogen-bond acceptors (Lipinski definition) is 5. The van der Waals surface area contributed by atoms with Crippen LogP contribution in [0.1, 0.15) is 18.9 Å². The van der Waals surface area contributed by atoms with Crippen molar-refractivity contribution in [2.75, 3.05) is 46.5 Å². The van der Waals surface area contributed by atoms with Crippen molar-refractivity contribution in [2.45, 2.75) is 13.3 Å². The second kappa shape index (κ2) is 10.3. The van der Waals surface area contributed by atoms with E-state index in [1.54, 1.807) is 19.1 Å². The molecule has 0 bridgehead atoms. The van der Waals surface area contributed by atoms with E-state index < -0.39 is 5.82 Å². The van der Waals surface area contributed by atoms with Gasteiger partial charge in [0.25, 0.3) is 0 Å². The summed E-state index contributed by atoms with van der Waals surface area (Å²) in [6.07, 6.45) is 0.994. The summed E-state index contributed by atoms with van der Waals surface area (Å²) < 4.78 is 23.9. The molecule has 0 aromatic heterocycles. The van der Waals surface area contributed by atoms with Crippen molar-refractivity contribution in [1.29, 1.82) is 0 Å². The summed E-state index contributed by atoms with van der Waals surface area (Å²) in [6.45, 7) is 7.19. The number of nitrogens with zero attached hydrogens (tertiary/aromatic N) is 2. The molecule has 1 aliphatic rings. The fourth-order valence-electron chi connectivity index (χ4n) is 2.46. The number of thiocarbonyl (C=S) groups is 1. The van der Waals surface area contributed by atoms with Gasteiger partial charge in [-0.2, -0.15) is 5.10 Å². The Labute approximate surface area is 153 Å². The fraction of sp³-hybridized carbons (Fsp3) is 0.529. The van der Waals surface area contributed by atoms with Crippen LogP contribution in [0.4, 0.5) is 4.39 Å². The van der Waals surface area contributed by atoms with Gasteiger partial charge in [0.1, 0.15) is 0 Å². The number of hydrogen-bond donors (Lipinski definition) is 2. The van der Waals surface area contributed by atoms with Crippen LogP contribution in [0, 0.1) is 5.82 Å². The first-order valence-electron chi connectivity index (χ1n) is 8.32. The van der Waals surface area contributed by atoms with Gasteiger partial charge in [0, 0.05) is 25.2 Å². The normalized spacial score (nSPS) is 15.7. The van der Waals surface area contributed by atoms with E-state index in [0.717, 1.165) is 45.8 Å². The number of morpholine rings is 1. The van der Waals surface area contributed by atoms with E-state index in [-0.39, 0.29) is 5.75 Å². The predicted octanol–water partition coefficient (Wildman–Crippen LogP) is 1.74. The smallest absolute Gasteiger partial charge is 0.186 e. The van der Waals surface area contributed by atoms with Crippen molar-refractivity contribution in [2.24, 2.45) is 5.10 Å². The molecule has 138 valence electrons. The van der Waals surface area contributed by atoms with Gasteiger partial charge in [0.05, 0.1) is 26.0 Å². The van der Waals surface area contributed by atoms with Gasteiger partial charge >= 0.3 is 0 Å². The van der Waals surface area contributed by atoms with Crippen LogP contribution in [0.3, 0.4) is 0 Å². The van der Waals surface area contributed by atoms with E-state index in [1.807, 2.05) is 0 Å². The Balaban J connectivity index is 1.70. The summed E-state index contributed by atoms with van der Waals surface area (Å²) in [5, 5.41) is 7.76. The number of halogens is 1. The molecular weight excluding hydrogens is 343 g/mol. The maximum absolute atomic E-state index is 13.7. The van der Waals surface area contributed by atoms with Crippen molar-refractivity contribution in [3.63, 3.8) is 0 Å². The molecule has 1 fully saturated rings. The lowest BCUT2D eigenvalue weighted by atomic mass is 10.1. The second-order valence-corrected chi connectivity index (χ2v) is 6.13. The molecule has 1 aromatic carbocycles. The van der Waals surface area contributed by atoms with Gasteiger partial charge in [-0.1, -0.05) is 0 Å². The Bertz CT molecular complexity index is 606. The number of rotatable bonds is 7. The van der Waals surface area contributed by atoms with Crippen LogP contribution in [0.5, 0.6) is 5.75 Å². The summed E-state index contributed by atoms with van der Waals surface area (Å²) in [4.78, 5) is 2.38. The highest BCUT2D eigenvalue weighted by atomic mass is 32.1. The van der Waals surface area contributed by atoms with Crippen LogP contribution in [0.2, 0.25) is 0 Å². The monoisotopic (exact) mass is 368 g/mol. The molecule has 0 spiro atoms. The number of ether oxygens (including phenoxy) is 2. The zero-order valence-corrected chi connectivity index (χ0v) is 15.5. The first-order chi connectivity index (χ1) is 12.1. The summed E-state index contributed by atoms with van der Waals surface area (Å²) >= 11 is 5.20. The lowest BCUT2D eigenvalue weighted by Gasteiger charge is -2.26. The average molecular weight is 368 g/mol. The molecule has 6 nitrogen and oxygen atoms in total. The van der Waals surface area contributed by atoms with Crippen LogP contribution in [0.15, 0.2) is 23.3 Å². The Morgan fingerprint density at radius 1 is 1.40 bits per heavy atom. The molecule has 0 saturated carbocycles. The molecule has 1 heterocycles. The van der Waals surface area contributed by atoms with Crippen molar-refractivity contribution >= 4 is 23.0 Å². The topological polar surface area (TPSA) is 58.1 Å². The fourth-order valence-corrected chi connectivity index (χ4v) is 2.61. The van der Waals surface area contributed by atoms with E-state index >= 15 is 0 Å². The SMILES string of the molecule is COc1ccc(/C(C)=N\NC(=S)NCCCN2CCOCC2)cc1F. The number of benzene rings is 1. The van der Waals surface area contributed by atoms with Gasteiger partial charge in [-0.25, -0.2) is 4.39 Å². The Morgan fingerprint density at radius 3 is 2.84 bits per heavy atom. The highest BCUT2D eigenvalue weighted by Gasteiger charge is 2.09. The molecule has 1 aliphatic heterocycles. The Kier molecular flexibility index (Phi) is 8.03. The molecule has 8 heteroatoms.